The smallest absolute Gasteiger partial charge is 0.251 e. The highest BCUT2D eigenvalue weighted by Gasteiger charge is 2.35. The molecular formula is C24H29FN4O2. The van der Waals surface area contributed by atoms with Crippen molar-refractivity contribution in [2.75, 3.05) is 0 Å². The number of guanidine groups is 1. The molecule has 0 aromatic heterocycles. The zero-order valence-corrected chi connectivity index (χ0v) is 18.2. The van der Waals surface area contributed by atoms with Crippen LogP contribution in [0.5, 0.6) is 0 Å². The molecule has 0 radical (unpaired) electrons. The van der Waals surface area contributed by atoms with Crippen LogP contribution in [0.2, 0.25) is 0 Å². The van der Waals surface area contributed by atoms with E-state index in [0.717, 1.165) is 18.4 Å². The SMILES string of the molecule is CCCC1(C)CC(=O)N(Cc2cc(F)cc(C(=O)NC(C)c3ccccc3)c2)C(N)=N1. The lowest BCUT2D eigenvalue weighted by Crippen LogP contribution is -2.50. The summed E-state index contributed by atoms with van der Waals surface area (Å²) in [5, 5.41) is 2.88. The Morgan fingerprint density at radius 1 is 1.29 bits per heavy atom. The third kappa shape index (κ3) is 5.48. The van der Waals surface area contributed by atoms with Crippen molar-refractivity contribution in [2.24, 2.45) is 10.7 Å². The number of hydrogen-bond acceptors (Lipinski definition) is 4. The number of nitrogens with two attached hydrogens (primary N) is 1. The molecule has 7 heteroatoms. The van der Waals surface area contributed by atoms with E-state index < -0.39 is 11.4 Å². The summed E-state index contributed by atoms with van der Waals surface area (Å²) in [4.78, 5) is 31.3. The van der Waals surface area contributed by atoms with Gasteiger partial charge in [0.25, 0.3) is 5.91 Å². The number of amides is 2. The molecule has 0 spiro atoms. The Morgan fingerprint density at radius 2 is 2.00 bits per heavy atom. The molecule has 2 aromatic rings. The van der Waals surface area contributed by atoms with Crippen molar-refractivity contribution in [1.29, 1.82) is 0 Å². The molecule has 3 N–H and O–H groups in total. The van der Waals surface area contributed by atoms with Crippen molar-refractivity contribution >= 4 is 17.8 Å². The first-order valence-corrected chi connectivity index (χ1v) is 10.5. The molecule has 164 valence electrons. The van der Waals surface area contributed by atoms with Gasteiger partial charge in [0.1, 0.15) is 5.82 Å². The largest absolute Gasteiger partial charge is 0.369 e. The topological polar surface area (TPSA) is 87.8 Å². The number of rotatable bonds is 7. The number of nitrogens with zero attached hydrogens (tertiary/aromatic N) is 2. The van der Waals surface area contributed by atoms with Gasteiger partial charge in [-0.3, -0.25) is 14.5 Å². The normalized spacial score (nSPS) is 19.7. The molecule has 1 heterocycles. The van der Waals surface area contributed by atoms with Gasteiger partial charge < -0.3 is 11.1 Å². The van der Waals surface area contributed by atoms with Crippen LogP contribution in [0.3, 0.4) is 0 Å². The van der Waals surface area contributed by atoms with E-state index in [-0.39, 0.29) is 42.3 Å². The summed E-state index contributed by atoms with van der Waals surface area (Å²) in [5.41, 5.74) is 7.18. The fraction of sp³-hybridized carbons (Fsp3) is 0.375. The summed E-state index contributed by atoms with van der Waals surface area (Å²) in [7, 11) is 0. The molecular weight excluding hydrogens is 395 g/mol. The van der Waals surface area contributed by atoms with Crippen LogP contribution in [0.15, 0.2) is 53.5 Å². The van der Waals surface area contributed by atoms with E-state index in [2.05, 4.69) is 10.3 Å². The van der Waals surface area contributed by atoms with Gasteiger partial charge in [-0.15, -0.1) is 0 Å². The molecule has 3 rings (SSSR count). The van der Waals surface area contributed by atoms with Gasteiger partial charge in [-0.05, 0) is 49.6 Å². The summed E-state index contributed by atoms with van der Waals surface area (Å²) >= 11 is 0. The molecule has 2 atom stereocenters. The number of benzene rings is 2. The van der Waals surface area contributed by atoms with Crippen LogP contribution in [0, 0.1) is 5.82 Å². The molecule has 0 aliphatic carbocycles. The van der Waals surface area contributed by atoms with Crippen molar-refractivity contribution < 1.29 is 14.0 Å². The maximum atomic E-state index is 14.3. The van der Waals surface area contributed by atoms with Crippen LogP contribution in [0.1, 0.15) is 67.6 Å². The van der Waals surface area contributed by atoms with E-state index in [9.17, 15) is 14.0 Å². The Hall–Kier alpha value is -3.22. The molecule has 0 bridgehead atoms. The number of carbonyl (C=O) groups excluding carboxylic acids is 2. The van der Waals surface area contributed by atoms with Gasteiger partial charge in [-0.2, -0.15) is 0 Å². The van der Waals surface area contributed by atoms with Crippen LogP contribution in [-0.2, 0) is 11.3 Å². The molecule has 0 fully saturated rings. The van der Waals surface area contributed by atoms with Gasteiger partial charge in [-0.25, -0.2) is 9.38 Å². The highest BCUT2D eigenvalue weighted by Crippen LogP contribution is 2.28. The standard InChI is InChI=1S/C24H29FN4O2/c1-4-10-24(3)14-21(30)29(23(26)28-24)15-17-11-19(13-20(25)12-17)22(31)27-16(2)18-8-6-5-7-9-18/h5-9,11-13,16H,4,10,14-15H2,1-3H3,(H2,26,28)(H,27,31). The van der Waals surface area contributed by atoms with Crippen molar-refractivity contribution in [3.8, 4) is 0 Å². The van der Waals surface area contributed by atoms with Gasteiger partial charge in [0, 0.05) is 5.56 Å². The highest BCUT2D eigenvalue weighted by molar-refractivity contribution is 5.99. The lowest BCUT2D eigenvalue weighted by Gasteiger charge is -2.35. The molecule has 2 amide bonds. The third-order valence-corrected chi connectivity index (χ3v) is 5.49. The first-order valence-electron chi connectivity index (χ1n) is 10.5. The van der Waals surface area contributed by atoms with E-state index in [0.29, 0.717) is 5.56 Å². The van der Waals surface area contributed by atoms with E-state index in [1.165, 1.54) is 17.0 Å². The van der Waals surface area contributed by atoms with Gasteiger partial charge in [0.05, 0.1) is 24.5 Å². The van der Waals surface area contributed by atoms with Crippen LogP contribution in [-0.4, -0.2) is 28.2 Å². The summed E-state index contributed by atoms with van der Waals surface area (Å²) in [6.07, 6.45) is 1.90. The minimum Gasteiger partial charge on any atom is -0.369 e. The lowest BCUT2D eigenvalue weighted by molar-refractivity contribution is -0.130. The van der Waals surface area contributed by atoms with E-state index in [4.69, 9.17) is 5.73 Å². The average molecular weight is 425 g/mol. The lowest BCUT2D eigenvalue weighted by atomic mass is 9.91. The third-order valence-electron chi connectivity index (χ3n) is 5.49. The number of halogens is 1. The van der Waals surface area contributed by atoms with Crippen LogP contribution < -0.4 is 11.1 Å². The second-order valence-corrected chi connectivity index (χ2v) is 8.33. The Labute approximate surface area is 182 Å². The minimum atomic E-state index is -0.550. The molecule has 0 saturated carbocycles. The van der Waals surface area contributed by atoms with Crippen LogP contribution >= 0.6 is 0 Å². The number of aliphatic imine (C=N–C) groups is 1. The minimum absolute atomic E-state index is 0.0582. The Morgan fingerprint density at radius 3 is 2.65 bits per heavy atom. The second kappa shape index (κ2) is 9.29. The molecule has 31 heavy (non-hydrogen) atoms. The van der Waals surface area contributed by atoms with E-state index >= 15 is 0 Å². The van der Waals surface area contributed by atoms with Gasteiger partial charge in [-0.1, -0.05) is 43.7 Å². The average Bonchev–Trinajstić information content (AvgIpc) is 2.71. The van der Waals surface area contributed by atoms with Crippen molar-refractivity contribution in [3.05, 3.63) is 71.0 Å². The molecule has 0 saturated heterocycles. The fourth-order valence-corrected chi connectivity index (χ4v) is 3.94. The van der Waals surface area contributed by atoms with Crippen LogP contribution in [0.25, 0.3) is 0 Å². The summed E-state index contributed by atoms with van der Waals surface area (Å²) < 4.78 is 14.3. The van der Waals surface area contributed by atoms with Crippen molar-refractivity contribution in [3.63, 3.8) is 0 Å². The first kappa shape index (κ1) is 22.5. The zero-order valence-electron chi connectivity index (χ0n) is 18.2. The fourth-order valence-electron chi connectivity index (χ4n) is 3.94. The predicted octanol–water partition coefficient (Wildman–Crippen LogP) is 3.92. The maximum Gasteiger partial charge on any atom is 0.251 e. The van der Waals surface area contributed by atoms with E-state index in [1.807, 2.05) is 51.1 Å². The van der Waals surface area contributed by atoms with Gasteiger partial charge in [0.2, 0.25) is 5.91 Å². The molecule has 2 aromatic carbocycles. The first-order chi connectivity index (χ1) is 14.7. The molecule has 1 aliphatic rings. The zero-order chi connectivity index (χ0) is 22.6. The summed E-state index contributed by atoms with van der Waals surface area (Å²) in [6, 6.07) is 13.4. The Bertz CT molecular complexity index is 992. The maximum absolute atomic E-state index is 14.3. The number of carbonyl (C=O) groups is 2. The number of hydrogen-bond donors (Lipinski definition) is 2. The highest BCUT2D eigenvalue weighted by atomic mass is 19.1. The number of nitrogens with one attached hydrogen (secondary N) is 1. The quantitative estimate of drug-likeness (QED) is 0.706. The summed E-state index contributed by atoms with van der Waals surface area (Å²) in [5.74, 6) is -0.971. The predicted molar refractivity (Wildman–Crippen MR) is 119 cm³/mol. The monoisotopic (exact) mass is 424 g/mol. The van der Waals surface area contributed by atoms with Gasteiger partial charge in [0.15, 0.2) is 5.96 Å². The molecule has 2 unspecified atom stereocenters. The van der Waals surface area contributed by atoms with Crippen molar-refractivity contribution in [2.45, 2.75) is 58.2 Å². The molecule has 1 aliphatic heterocycles. The van der Waals surface area contributed by atoms with Crippen LogP contribution in [0.4, 0.5) is 4.39 Å². The van der Waals surface area contributed by atoms with E-state index in [1.54, 1.807) is 6.07 Å². The van der Waals surface area contributed by atoms with Gasteiger partial charge >= 0.3 is 0 Å². The Kier molecular flexibility index (Phi) is 6.73. The second-order valence-electron chi connectivity index (χ2n) is 8.33. The summed E-state index contributed by atoms with van der Waals surface area (Å²) in [6.45, 7) is 5.87. The Balaban J connectivity index is 1.77. The van der Waals surface area contributed by atoms with Crippen molar-refractivity contribution in [1.82, 2.24) is 10.2 Å². The molecule has 6 nitrogen and oxygen atoms in total.